The van der Waals surface area contributed by atoms with Crippen LogP contribution in [0.3, 0.4) is 0 Å². The number of morpholine rings is 1. The number of pyridine rings is 1. The van der Waals surface area contributed by atoms with E-state index in [0.717, 1.165) is 18.5 Å². The van der Waals surface area contributed by atoms with E-state index in [9.17, 15) is 4.79 Å². The van der Waals surface area contributed by atoms with Crippen molar-refractivity contribution in [3.05, 3.63) is 28.5 Å². The van der Waals surface area contributed by atoms with E-state index in [1.165, 1.54) is 12.8 Å². The Hall–Kier alpha value is -1.13. The molecule has 0 N–H and O–H groups in total. The Kier molecular flexibility index (Phi) is 3.94. The van der Waals surface area contributed by atoms with Gasteiger partial charge in [0.05, 0.1) is 18.8 Å². The van der Waals surface area contributed by atoms with Crippen LogP contribution in [0.25, 0.3) is 0 Å². The normalized spacial score (nSPS) is 26.2. The summed E-state index contributed by atoms with van der Waals surface area (Å²) in [6, 6.07) is 3.68. The number of nitrogens with zero attached hydrogens (tertiary/aromatic N) is 2. The third-order valence-electron chi connectivity index (χ3n) is 4.16. The number of hydrogen-bond donors (Lipinski definition) is 0. The Labute approximate surface area is 124 Å². The SMILES string of the molecule is Cc1cc(C(=O)N2CCOC3CCCCC32)cc(Cl)n1. The van der Waals surface area contributed by atoms with E-state index in [0.29, 0.717) is 23.9 Å². The number of amides is 1. The van der Waals surface area contributed by atoms with E-state index >= 15 is 0 Å². The third-order valence-corrected chi connectivity index (χ3v) is 4.36. The van der Waals surface area contributed by atoms with E-state index in [1.54, 1.807) is 6.07 Å². The van der Waals surface area contributed by atoms with Crippen LogP contribution in [0.5, 0.6) is 0 Å². The van der Waals surface area contributed by atoms with Gasteiger partial charge in [0.25, 0.3) is 5.91 Å². The van der Waals surface area contributed by atoms with Gasteiger partial charge < -0.3 is 9.64 Å². The van der Waals surface area contributed by atoms with Crippen LogP contribution in [0.4, 0.5) is 0 Å². The first-order valence-electron chi connectivity index (χ1n) is 7.22. The second-order valence-corrected chi connectivity index (χ2v) is 5.97. The first-order valence-corrected chi connectivity index (χ1v) is 7.60. The second-order valence-electron chi connectivity index (χ2n) is 5.58. The maximum atomic E-state index is 12.7. The van der Waals surface area contributed by atoms with E-state index in [2.05, 4.69) is 4.98 Å². The summed E-state index contributed by atoms with van der Waals surface area (Å²) in [5, 5.41) is 0.377. The number of carbonyl (C=O) groups is 1. The molecule has 0 aromatic carbocycles. The molecule has 1 saturated heterocycles. The second kappa shape index (κ2) is 5.70. The number of rotatable bonds is 1. The highest BCUT2D eigenvalue weighted by Gasteiger charge is 2.37. The predicted octanol–water partition coefficient (Wildman–Crippen LogP) is 2.83. The third kappa shape index (κ3) is 2.67. The van der Waals surface area contributed by atoms with Crippen molar-refractivity contribution in [2.24, 2.45) is 0 Å². The summed E-state index contributed by atoms with van der Waals surface area (Å²) in [7, 11) is 0. The zero-order valence-corrected chi connectivity index (χ0v) is 12.4. The predicted molar refractivity (Wildman–Crippen MR) is 77.0 cm³/mol. The average Bonchev–Trinajstić information content (AvgIpc) is 2.45. The molecule has 0 radical (unpaired) electrons. The van der Waals surface area contributed by atoms with Gasteiger partial charge in [-0.05, 0) is 31.9 Å². The van der Waals surface area contributed by atoms with Crippen LogP contribution in [0, 0.1) is 6.92 Å². The number of aromatic nitrogens is 1. The molecule has 0 spiro atoms. The van der Waals surface area contributed by atoms with Gasteiger partial charge in [0.1, 0.15) is 5.15 Å². The molecular formula is C15H19ClN2O2. The molecule has 1 amide bonds. The van der Waals surface area contributed by atoms with Gasteiger partial charge in [-0.1, -0.05) is 24.4 Å². The molecule has 1 aromatic heterocycles. The average molecular weight is 295 g/mol. The van der Waals surface area contributed by atoms with Crippen molar-refractivity contribution in [2.45, 2.75) is 44.8 Å². The molecule has 20 heavy (non-hydrogen) atoms. The number of aryl methyl sites for hydroxylation is 1. The maximum Gasteiger partial charge on any atom is 0.254 e. The molecule has 1 aromatic rings. The van der Waals surface area contributed by atoms with E-state index in [1.807, 2.05) is 17.9 Å². The fraction of sp³-hybridized carbons (Fsp3) is 0.600. The van der Waals surface area contributed by atoms with Gasteiger partial charge in [-0.2, -0.15) is 0 Å². The van der Waals surface area contributed by atoms with Crippen molar-refractivity contribution in [3.63, 3.8) is 0 Å². The number of halogens is 1. The molecule has 2 fully saturated rings. The van der Waals surface area contributed by atoms with Crippen LogP contribution in [0.2, 0.25) is 5.15 Å². The molecule has 5 heteroatoms. The van der Waals surface area contributed by atoms with Gasteiger partial charge in [-0.25, -0.2) is 4.98 Å². The van der Waals surface area contributed by atoms with Gasteiger partial charge in [0.15, 0.2) is 0 Å². The fourth-order valence-electron chi connectivity index (χ4n) is 3.27. The summed E-state index contributed by atoms with van der Waals surface area (Å²) in [4.78, 5) is 18.8. The molecule has 1 saturated carbocycles. The molecule has 1 aliphatic heterocycles. The summed E-state index contributed by atoms with van der Waals surface area (Å²) in [6.07, 6.45) is 4.67. The molecule has 3 rings (SSSR count). The van der Waals surface area contributed by atoms with Crippen molar-refractivity contribution in [3.8, 4) is 0 Å². The largest absolute Gasteiger partial charge is 0.374 e. The summed E-state index contributed by atoms with van der Waals surface area (Å²) in [5.74, 6) is 0.0533. The standard InChI is InChI=1S/C15H19ClN2O2/c1-10-8-11(9-14(16)17-10)15(19)18-6-7-20-13-5-3-2-4-12(13)18/h8-9,12-13H,2-7H2,1H3. The summed E-state index contributed by atoms with van der Waals surface area (Å²) in [5.41, 5.74) is 1.41. The van der Waals surface area contributed by atoms with Crippen molar-refractivity contribution >= 4 is 17.5 Å². The maximum absolute atomic E-state index is 12.7. The minimum Gasteiger partial charge on any atom is -0.374 e. The number of hydrogen-bond acceptors (Lipinski definition) is 3. The van der Waals surface area contributed by atoms with E-state index in [-0.39, 0.29) is 18.1 Å². The van der Waals surface area contributed by atoms with E-state index < -0.39 is 0 Å². The van der Waals surface area contributed by atoms with Gasteiger partial charge in [-0.3, -0.25) is 4.79 Å². The van der Waals surface area contributed by atoms with Crippen molar-refractivity contribution < 1.29 is 9.53 Å². The van der Waals surface area contributed by atoms with Gasteiger partial charge in [0.2, 0.25) is 0 Å². The Morgan fingerprint density at radius 1 is 1.40 bits per heavy atom. The smallest absolute Gasteiger partial charge is 0.254 e. The van der Waals surface area contributed by atoms with Crippen LogP contribution in [-0.4, -0.2) is 41.1 Å². The molecular weight excluding hydrogens is 276 g/mol. The van der Waals surface area contributed by atoms with Gasteiger partial charge >= 0.3 is 0 Å². The monoisotopic (exact) mass is 294 g/mol. The van der Waals surface area contributed by atoms with Crippen LogP contribution >= 0.6 is 11.6 Å². The van der Waals surface area contributed by atoms with Crippen molar-refractivity contribution in [2.75, 3.05) is 13.2 Å². The molecule has 4 nitrogen and oxygen atoms in total. The molecule has 2 atom stereocenters. The van der Waals surface area contributed by atoms with Crippen LogP contribution in [0.15, 0.2) is 12.1 Å². The fourth-order valence-corrected chi connectivity index (χ4v) is 3.52. The molecule has 2 aliphatic rings. The highest BCUT2D eigenvalue weighted by molar-refractivity contribution is 6.29. The Balaban J connectivity index is 1.84. The Bertz CT molecular complexity index is 498. The quantitative estimate of drug-likeness (QED) is 0.748. The van der Waals surface area contributed by atoms with Crippen molar-refractivity contribution in [1.82, 2.24) is 9.88 Å². The number of ether oxygens (including phenoxy) is 1. The minimum absolute atomic E-state index is 0.0533. The molecule has 2 unspecified atom stereocenters. The molecule has 1 aliphatic carbocycles. The summed E-state index contributed by atoms with van der Waals surface area (Å²) >= 11 is 5.96. The van der Waals surface area contributed by atoms with Gasteiger partial charge in [0, 0.05) is 17.8 Å². The Morgan fingerprint density at radius 3 is 3.00 bits per heavy atom. The minimum atomic E-state index is 0.0533. The lowest BCUT2D eigenvalue weighted by Gasteiger charge is -2.43. The van der Waals surface area contributed by atoms with Crippen LogP contribution in [-0.2, 0) is 4.74 Å². The van der Waals surface area contributed by atoms with E-state index in [4.69, 9.17) is 16.3 Å². The molecule has 0 bridgehead atoms. The summed E-state index contributed by atoms with van der Waals surface area (Å²) < 4.78 is 5.81. The zero-order chi connectivity index (χ0) is 14.1. The number of fused-ring (bicyclic) bond motifs is 1. The Morgan fingerprint density at radius 2 is 2.20 bits per heavy atom. The summed E-state index contributed by atoms with van der Waals surface area (Å²) in [6.45, 7) is 3.15. The lowest BCUT2D eigenvalue weighted by molar-refractivity contribution is -0.0752. The molecule has 108 valence electrons. The molecule has 2 heterocycles. The lowest BCUT2D eigenvalue weighted by atomic mass is 9.89. The van der Waals surface area contributed by atoms with Crippen LogP contribution in [0.1, 0.15) is 41.7 Å². The highest BCUT2D eigenvalue weighted by atomic mass is 35.5. The first kappa shape index (κ1) is 13.8. The number of carbonyl (C=O) groups excluding carboxylic acids is 1. The van der Waals surface area contributed by atoms with Crippen molar-refractivity contribution in [1.29, 1.82) is 0 Å². The van der Waals surface area contributed by atoms with Gasteiger partial charge in [-0.15, -0.1) is 0 Å². The first-order chi connectivity index (χ1) is 9.65. The topological polar surface area (TPSA) is 42.4 Å². The lowest BCUT2D eigenvalue weighted by Crippen LogP contribution is -2.54. The van der Waals surface area contributed by atoms with Crippen LogP contribution < -0.4 is 0 Å². The zero-order valence-electron chi connectivity index (χ0n) is 11.6. The highest BCUT2D eigenvalue weighted by Crippen LogP contribution is 2.29.